The van der Waals surface area contributed by atoms with E-state index in [4.69, 9.17) is 5.73 Å². The summed E-state index contributed by atoms with van der Waals surface area (Å²) < 4.78 is 0. The van der Waals surface area contributed by atoms with E-state index >= 15 is 0 Å². The molecule has 1 aromatic heterocycles. The zero-order valence-electron chi connectivity index (χ0n) is 14.9. The van der Waals surface area contributed by atoms with Gasteiger partial charge in [-0.05, 0) is 26.2 Å². The molecule has 1 unspecified atom stereocenters. The Hall–Kier alpha value is -2.65. The van der Waals surface area contributed by atoms with Crippen LogP contribution >= 0.6 is 0 Å². The number of nitrogens with zero attached hydrogens (tertiary/aromatic N) is 5. The van der Waals surface area contributed by atoms with E-state index in [2.05, 4.69) is 25.8 Å². The summed E-state index contributed by atoms with van der Waals surface area (Å²) in [7, 11) is 3.42. The van der Waals surface area contributed by atoms with Crippen molar-refractivity contribution in [2.45, 2.75) is 32.2 Å². The number of hydrogen-bond donors (Lipinski definition) is 3. The second-order valence-corrected chi connectivity index (χ2v) is 6.20. The number of anilines is 2. The standard InChI is InChI=1S/C15H26N8O2/c1-10(18-15(25)23-7-5-4-6-8-23)9-22(3)14-19-13(17-2)11(12(16)24)20-21-14/h10H,4-9H2,1-3H3,(H2,16,24)(H,18,25)(H,17,19,21). The summed E-state index contributed by atoms with van der Waals surface area (Å²) in [6, 6.07) is -0.142. The average molecular weight is 350 g/mol. The number of nitrogens with one attached hydrogen (secondary N) is 2. The Bertz CT molecular complexity index is 618. The van der Waals surface area contributed by atoms with Crippen LogP contribution in [0.1, 0.15) is 36.7 Å². The molecule has 1 fully saturated rings. The van der Waals surface area contributed by atoms with Crippen molar-refractivity contribution in [3.63, 3.8) is 0 Å². The third-order valence-corrected chi connectivity index (χ3v) is 4.05. The number of likely N-dealkylation sites (N-methyl/N-ethyl adjacent to an activating group) is 1. The van der Waals surface area contributed by atoms with Crippen LogP contribution in [0.2, 0.25) is 0 Å². The Morgan fingerprint density at radius 3 is 2.56 bits per heavy atom. The van der Waals surface area contributed by atoms with Crippen molar-refractivity contribution < 1.29 is 9.59 Å². The first-order valence-electron chi connectivity index (χ1n) is 8.41. The molecule has 4 N–H and O–H groups in total. The van der Waals surface area contributed by atoms with Gasteiger partial charge in [-0.3, -0.25) is 4.79 Å². The minimum Gasteiger partial charge on any atom is -0.371 e. The molecule has 1 aliphatic rings. The maximum atomic E-state index is 12.2. The summed E-state index contributed by atoms with van der Waals surface area (Å²) in [6.45, 7) is 4.03. The van der Waals surface area contributed by atoms with Crippen LogP contribution in [0, 0.1) is 0 Å². The molecule has 10 heteroatoms. The van der Waals surface area contributed by atoms with Gasteiger partial charge in [0, 0.05) is 39.8 Å². The first kappa shape index (κ1) is 18.7. The van der Waals surface area contributed by atoms with Crippen LogP contribution in [0.15, 0.2) is 0 Å². The molecule has 25 heavy (non-hydrogen) atoms. The number of nitrogens with two attached hydrogens (primary N) is 1. The highest BCUT2D eigenvalue weighted by atomic mass is 16.2. The average Bonchev–Trinajstić information content (AvgIpc) is 2.61. The molecule has 1 saturated heterocycles. The number of piperidine rings is 1. The molecule has 0 radical (unpaired) electrons. The van der Waals surface area contributed by atoms with Crippen molar-refractivity contribution in [3.05, 3.63) is 5.69 Å². The number of carbonyl (C=O) groups is 2. The van der Waals surface area contributed by atoms with Gasteiger partial charge < -0.3 is 26.2 Å². The molecule has 0 spiro atoms. The molecule has 0 aromatic carbocycles. The molecule has 2 rings (SSSR count). The van der Waals surface area contributed by atoms with Gasteiger partial charge in [0.1, 0.15) is 0 Å². The minimum atomic E-state index is -0.694. The van der Waals surface area contributed by atoms with Gasteiger partial charge in [0.05, 0.1) is 0 Å². The van der Waals surface area contributed by atoms with E-state index in [9.17, 15) is 9.59 Å². The Labute approximate surface area is 147 Å². The summed E-state index contributed by atoms with van der Waals surface area (Å²) in [5, 5.41) is 13.5. The van der Waals surface area contributed by atoms with E-state index in [0.717, 1.165) is 25.9 Å². The number of hydrogen-bond acceptors (Lipinski definition) is 7. The molecular weight excluding hydrogens is 324 g/mol. The molecule has 10 nitrogen and oxygen atoms in total. The quantitative estimate of drug-likeness (QED) is 0.660. The van der Waals surface area contributed by atoms with Crippen molar-refractivity contribution in [3.8, 4) is 0 Å². The van der Waals surface area contributed by atoms with Crippen LogP contribution in [0.25, 0.3) is 0 Å². The van der Waals surface area contributed by atoms with E-state index in [0.29, 0.717) is 12.5 Å². The second kappa shape index (κ2) is 8.45. The molecule has 1 aromatic rings. The Balaban J connectivity index is 1.95. The number of likely N-dealkylation sites (tertiary alicyclic amines) is 1. The first-order valence-corrected chi connectivity index (χ1v) is 8.41. The lowest BCUT2D eigenvalue weighted by atomic mass is 10.1. The highest BCUT2D eigenvalue weighted by Gasteiger charge is 2.20. The van der Waals surface area contributed by atoms with Crippen LogP contribution in [-0.4, -0.2) is 71.8 Å². The predicted molar refractivity (Wildman–Crippen MR) is 94.6 cm³/mol. The predicted octanol–water partition coefficient (Wildman–Crippen LogP) is 0.0324. The number of urea groups is 1. The summed E-state index contributed by atoms with van der Waals surface area (Å²) in [5.41, 5.74) is 5.23. The lowest BCUT2D eigenvalue weighted by molar-refractivity contribution is 0.0995. The fraction of sp³-hybridized carbons (Fsp3) is 0.667. The molecule has 0 bridgehead atoms. The van der Waals surface area contributed by atoms with Gasteiger partial charge in [-0.1, -0.05) is 0 Å². The van der Waals surface area contributed by atoms with E-state index in [1.165, 1.54) is 6.42 Å². The van der Waals surface area contributed by atoms with Crippen LogP contribution in [0.4, 0.5) is 16.6 Å². The number of carbonyl (C=O) groups excluding carboxylic acids is 2. The molecule has 2 heterocycles. The lowest BCUT2D eigenvalue weighted by Crippen LogP contribution is -2.49. The maximum Gasteiger partial charge on any atom is 0.317 e. The molecule has 0 aliphatic carbocycles. The highest BCUT2D eigenvalue weighted by molar-refractivity contribution is 5.95. The number of aromatic nitrogens is 3. The van der Waals surface area contributed by atoms with Gasteiger partial charge >= 0.3 is 6.03 Å². The largest absolute Gasteiger partial charge is 0.371 e. The van der Waals surface area contributed by atoms with E-state index in [1.54, 1.807) is 19.0 Å². The van der Waals surface area contributed by atoms with Crippen LogP contribution in [0.3, 0.4) is 0 Å². The maximum absolute atomic E-state index is 12.2. The van der Waals surface area contributed by atoms with Gasteiger partial charge in [-0.25, -0.2) is 4.79 Å². The Kier molecular flexibility index (Phi) is 6.31. The van der Waals surface area contributed by atoms with Crippen LogP contribution in [0.5, 0.6) is 0 Å². The molecule has 138 valence electrons. The topological polar surface area (TPSA) is 129 Å². The van der Waals surface area contributed by atoms with E-state index < -0.39 is 5.91 Å². The zero-order valence-corrected chi connectivity index (χ0v) is 14.9. The van der Waals surface area contributed by atoms with Crippen LogP contribution in [-0.2, 0) is 0 Å². The molecule has 1 aliphatic heterocycles. The molecule has 0 saturated carbocycles. The van der Waals surface area contributed by atoms with Gasteiger partial charge in [0.25, 0.3) is 5.91 Å². The normalized spacial score (nSPS) is 15.4. The SMILES string of the molecule is CNc1nc(N(C)CC(C)NC(=O)N2CCCCC2)nnc1C(N)=O. The number of rotatable bonds is 6. The summed E-state index contributed by atoms with van der Waals surface area (Å²) >= 11 is 0. The van der Waals surface area contributed by atoms with Crippen molar-refractivity contribution >= 4 is 23.7 Å². The first-order chi connectivity index (χ1) is 11.9. The summed E-state index contributed by atoms with van der Waals surface area (Å²) in [5.74, 6) is -0.0801. The smallest absolute Gasteiger partial charge is 0.317 e. The number of primary amides is 1. The van der Waals surface area contributed by atoms with Crippen molar-refractivity contribution in [2.24, 2.45) is 5.73 Å². The van der Waals surface area contributed by atoms with Gasteiger partial charge in [-0.15, -0.1) is 10.2 Å². The molecule has 1 atom stereocenters. The second-order valence-electron chi connectivity index (χ2n) is 6.20. The van der Waals surface area contributed by atoms with Crippen LogP contribution < -0.4 is 21.3 Å². The van der Waals surface area contributed by atoms with Crippen molar-refractivity contribution in [2.75, 3.05) is 43.9 Å². The molecular formula is C15H26N8O2. The fourth-order valence-corrected chi connectivity index (χ4v) is 2.76. The zero-order chi connectivity index (χ0) is 18.4. The number of amides is 3. The van der Waals surface area contributed by atoms with E-state index in [1.807, 2.05) is 11.8 Å². The minimum absolute atomic E-state index is 0.00824. The fourth-order valence-electron chi connectivity index (χ4n) is 2.76. The van der Waals surface area contributed by atoms with Crippen molar-refractivity contribution in [1.29, 1.82) is 0 Å². The van der Waals surface area contributed by atoms with E-state index in [-0.39, 0.29) is 23.6 Å². The van der Waals surface area contributed by atoms with Gasteiger partial charge in [0.2, 0.25) is 5.95 Å². The Morgan fingerprint density at radius 1 is 1.28 bits per heavy atom. The van der Waals surface area contributed by atoms with Crippen molar-refractivity contribution in [1.82, 2.24) is 25.4 Å². The summed E-state index contributed by atoms with van der Waals surface area (Å²) in [4.78, 5) is 31.4. The Morgan fingerprint density at radius 2 is 1.96 bits per heavy atom. The van der Waals surface area contributed by atoms with Gasteiger partial charge in [-0.2, -0.15) is 4.98 Å². The summed E-state index contributed by atoms with van der Waals surface area (Å²) in [6.07, 6.45) is 3.29. The third kappa shape index (κ3) is 4.91. The molecule has 3 amide bonds. The highest BCUT2D eigenvalue weighted by Crippen LogP contribution is 2.13. The third-order valence-electron chi connectivity index (χ3n) is 4.05. The lowest BCUT2D eigenvalue weighted by Gasteiger charge is -2.29. The van der Waals surface area contributed by atoms with Gasteiger partial charge in [0.15, 0.2) is 11.5 Å². The monoisotopic (exact) mass is 350 g/mol.